The molecular weight excluding hydrogens is 200 g/mol. The molecule has 2 heteroatoms. The fraction of sp³-hybridized carbons (Fsp3) is 0.214. The molecule has 0 amide bonds. The lowest BCUT2D eigenvalue weighted by Gasteiger charge is -2.04. The van der Waals surface area contributed by atoms with Crippen LogP contribution in [0.2, 0.25) is 0 Å². The molecule has 0 heterocycles. The molecule has 0 aromatic heterocycles. The highest BCUT2D eigenvalue weighted by Gasteiger charge is 2.05. The van der Waals surface area contributed by atoms with Gasteiger partial charge in [-0.2, -0.15) is 0 Å². The lowest BCUT2D eigenvalue weighted by molar-refractivity contribution is -0.130. The number of esters is 1. The number of rotatable bonds is 3. The van der Waals surface area contributed by atoms with Crippen LogP contribution in [-0.2, 0) is 4.79 Å². The second kappa shape index (κ2) is 5.91. The average Bonchev–Trinajstić information content (AvgIpc) is 2.31. The van der Waals surface area contributed by atoms with Crippen molar-refractivity contribution in [3.8, 4) is 5.75 Å². The molecule has 2 nitrogen and oxygen atoms in total. The molecule has 1 aromatic rings. The van der Waals surface area contributed by atoms with E-state index in [0.717, 1.165) is 5.56 Å². The van der Waals surface area contributed by atoms with Gasteiger partial charge in [-0.05, 0) is 38.5 Å². The lowest BCUT2D eigenvalue weighted by Crippen LogP contribution is -2.08. The first kappa shape index (κ1) is 12.2. The predicted octanol–water partition coefficient (Wildman–Crippen LogP) is 3.59. The van der Waals surface area contributed by atoms with Gasteiger partial charge >= 0.3 is 5.97 Å². The molecule has 84 valence electrons. The van der Waals surface area contributed by atoms with Crippen molar-refractivity contribution in [2.45, 2.75) is 20.8 Å². The van der Waals surface area contributed by atoms with Crippen molar-refractivity contribution < 1.29 is 9.53 Å². The summed E-state index contributed by atoms with van der Waals surface area (Å²) in [7, 11) is 0. The Morgan fingerprint density at radius 1 is 1.19 bits per heavy atom. The van der Waals surface area contributed by atoms with Crippen LogP contribution in [-0.4, -0.2) is 5.97 Å². The van der Waals surface area contributed by atoms with Crippen molar-refractivity contribution in [1.29, 1.82) is 0 Å². The fourth-order valence-corrected chi connectivity index (χ4v) is 1.14. The summed E-state index contributed by atoms with van der Waals surface area (Å²) in [5.74, 6) is 0.265. The van der Waals surface area contributed by atoms with E-state index in [0.29, 0.717) is 11.3 Å². The Balaban J connectivity index is 2.72. The molecule has 1 rings (SSSR count). The standard InChI is InChI=1S/C14H16O2/c1-4-6-12-7-9-13(10-8-12)16-14(15)11(3)5-2/h4-10H,1-3H3/b6-4+,11-5-. The summed E-state index contributed by atoms with van der Waals surface area (Å²) in [5, 5.41) is 0. The summed E-state index contributed by atoms with van der Waals surface area (Å²) in [6.07, 6.45) is 5.68. The normalized spacial score (nSPS) is 11.8. The Labute approximate surface area is 96.2 Å². The molecule has 0 bridgehead atoms. The van der Waals surface area contributed by atoms with Gasteiger partial charge < -0.3 is 4.74 Å². The SMILES string of the molecule is C/C=C(/C)C(=O)Oc1ccc(/C=C/C)cc1. The third kappa shape index (κ3) is 3.39. The smallest absolute Gasteiger partial charge is 0.338 e. The van der Waals surface area contributed by atoms with Crippen molar-refractivity contribution in [2.75, 3.05) is 0 Å². The molecule has 0 unspecified atom stereocenters. The molecular formula is C14H16O2. The maximum atomic E-state index is 11.4. The summed E-state index contributed by atoms with van der Waals surface area (Å²) >= 11 is 0. The Hall–Kier alpha value is -1.83. The van der Waals surface area contributed by atoms with Crippen LogP contribution < -0.4 is 4.74 Å². The molecule has 1 aromatic carbocycles. The zero-order valence-electron chi connectivity index (χ0n) is 9.86. The highest BCUT2D eigenvalue weighted by atomic mass is 16.5. The van der Waals surface area contributed by atoms with Crippen molar-refractivity contribution in [1.82, 2.24) is 0 Å². The van der Waals surface area contributed by atoms with Gasteiger partial charge in [0, 0.05) is 5.57 Å². The van der Waals surface area contributed by atoms with E-state index in [2.05, 4.69) is 0 Å². The topological polar surface area (TPSA) is 26.3 Å². The zero-order valence-corrected chi connectivity index (χ0v) is 9.86. The van der Waals surface area contributed by atoms with E-state index in [1.807, 2.05) is 38.1 Å². The highest BCUT2D eigenvalue weighted by molar-refractivity contribution is 5.89. The lowest BCUT2D eigenvalue weighted by atomic mass is 10.2. The van der Waals surface area contributed by atoms with Gasteiger partial charge in [0.25, 0.3) is 0 Å². The maximum Gasteiger partial charge on any atom is 0.338 e. The molecule has 0 atom stereocenters. The molecule has 0 aliphatic heterocycles. The van der Waals surface area contributed by atoms with Crippen LogP contribution in [0.4, 0.5) is 0 Å². The van der Waals surface area contributed by atoms with E-state index >= 15 is 0 Å². The van der Waals surface area contributed by atoms with Crippen LogP contribution in [0.3, 0.4) is 0 Å². The second-order valence-electron chi connectivity index (χ2n) is 3.43. The van der Waals surface area contributed by atoms with Gasteiger partial charge in [0.15, 0.2) is 0 Å². The molecule has 0 saturated heterocycles. The summed E-state index contributed by atoms with van der Waals surface area (Å²) in [6.45, 7) is 5.51. The molecule has 0 radical (unpaired) electrons. The quantitative estimate of drug-likeness (QED) is 0.438. The Morgan fingerprint density at radius 2 is 1.81 bits per heavy atom. The fourth-order valence-electron chi connectivity index (χ4n) is 1.14. The number of carbonyl (C=O) groups is 1. The largest absolute Gasteiger partial charge is 0.423 e. The Morgan fingerprint density at radius 3 is 2.31 bits per heavy atom. The van der Waals surface area contributed by atoms with Crippen LogP contribution in [0.1, 0.15) is 26.3 Å². The van der Waals surface area contributed by atoms with Gasteiger partial charge in [0.2, 0.25) is 0 Å². The minimum Gasteiger partial charge on any atom is -0.423 e. The first-order valence-electron chi connectivity index (χ1n) is 5.25. The van der Waals surface area contributed by atoms with Crippen LogP contribution in [0.15, 0.2) is 42.0 Å². The van der Waals surface area contributed by atoms with Gasteiger partial charge in [0.05, 0.1) is 0 Å². The van der Waals surface area contributed by atoms with E-state index in [9.17, 15) is 4.79 Å². The number of allylic oxidation sites excluding steroid dienone is 2. The molecule has 0 aliphatic carbocycles. The van der Waals surface area contributed by atoms with E-state index in [4.69, 9.17) is 4.74 Å². The highest BCUT2D eigenvalue weighted by Crippen LogP contribution is 2.14. The van der Waals surface area contributed by atoms with E-state index < -0.39 is 0 Å². The van der Waals surface area contributed by atoms with Crippen LogP contribution in [0, 0.1) is 0 Å². The number of hydrogen-bond acceptors (Lipinski definition) is 2. The molecule has 16 heavy (non-hydrogen) atoms. The van der Waals surface area contributed by atoms with Crippen molar-refractivity contribution >= 4 is 12.0 Å². The van der Waals surface area contributed by atoms with Gasteiger partial charge in [-0.15, -0.1) is 0 Å². The number of ether oxygens (including phenoxy) is 1. The van der Waals surface area contributed by atoms with E-state index in [-0.39, 0.29) is 5.97 Å². The first-order valence-corrected chi connectivity index (χ1v) is 5.25. The molecule has 0 fully saturated rings. The van der Waals surface area contributed by atoms with Crippen LogP contribution in [0.25, 0.3) is 6.08 Å². The van der Waals surface area contributed by atoms with Gasteiger partial charge in [0.1, 0.15) is 5.75 Å². The number of hydrogen-bond donors (Lipinski definition) is 0. The number of carbonyl (C=O) groups excluding carboxylic acids is 1. The van der Waals surface area contributed by atoms with Gasteiger partial charge in [-0.25, -0.2) is 4.79 Å². The van der Waals surface area contributed by atoms with Crippen LogP contribution >= 0.6 is 0 Å². The van der Waals surface area contributed by atoms with Crippen molar-refractivity contribution in [3.63, 3.8) is 0 Å². The zero-order chi connectivity index (χ0) is 12.0. The van der Waals surface area contributed by atoms with E-state index in [1.54, 1.807) is 25.1 Å². The van der Waals surface area contributed by atoms with Crippen molar-refractivity contribution in [2.24, 2.45) is 0 Å². The molecule has 0 N–H and O–H groups in total. The predicted molar refractivity (Wildman–Crippen MR) is 66.2 cm³/mol. The number of benzene rings is 1. The molecule has 0 spiro atoms. The Kier molecular flexibility index (Phi) is 4.52. The summed E-state index contributed by atoms with van der Waals surface area (Å²) in [5.41, 5.74) is 1.70. The third-order valence-electron chi connectivity index (χ3n) is 2.20. The first-order chi connectivity index (χ1) is 7.67. The summed E-state index contributed by atoms with van der Waals surface area (Å²) in [4.78, 5) is 11.4. The Bertz CT molecular complexity index is 411. The van der Waals surface area contributed by atoms with Crippen LogP contribution in [0.5, 0.6) is 5.75 Å². The van der Waals surface area contributed by atoms with Gasteiger partial charge in [-0.1, -0.05) is 30.4 Å². The second-order valence-corrected chi connectivity index (χ2v) is 3.43. The molecule has 0 aliphatic rings. The average molecular weight is 216 g/mol. The molecule has 0 saturated carbocycles. The summed E-state index contributed by atoms with van der Waals surface area (Å²) in [6, 6.07) is 7.40. The van der Waals surface area contributed by atoms with Crippen molar-refractivity contribution in [3.05, 3.63) is 47.6 Å². The maximum absolute atomic E-state index is 11.4. The summed E-state index contributed by atoms with van der Waals surface area (Å²) < 4.78 is 5.17. The minimum atomic E-state index is -0.304. The third-order valence-corrected chi connectivity index (χ3v) is 2.20. The van der Waals surface area contributed by atoms with E-state index in [1.165, 1.54) is 0 Å². The monoisotopic (exact) mass is 216 g/mol. The minimum absolute atomic E-state index is 0.304. The van der Waals surface area contributed by atoms with Gasteiger partial charge in [-0.3, -0.25) is 0 Å².